The lowest BCUT2D eigenvalue weighted by Gasteiger charge is -2.19. The third-order valence-electron chi connectivity index (χ3n) is 4.46. The zero-order valence-corrected chi connectivity index (χ0v) is 15.6. The second kappa shape index (κ2) is 7.08. The number of aryl methyl sites for hydroxylation is 1. The number of nitro groups is 1. The monoisotopic (exact) mass is 391 g/mol. The molecule has 2 heterocycles. The number of H-pyrrole nitrogens is 2. The number of rotatable bonds is 5. The average Bonchev–Trinajstić information content (AvgIpc) is 3.06. The van der Waals surface area contributed by atoms with Crippen LogP contribution in [0.1, 0.15) is 5.69 Å². The third kappa shape index (κ3) is 3.50. The number of benzene rings is 2. The van der Waals surface area contributed by atoms with E-state index in [2.05, 4.69) is 25.3 Å². The van der Waals surface area contributed by atoms with Gasteiger partial charge in [-0.2, -0.15) is 4.98 Å². The van der Waals surface area contributed by atoms with Crippen molar-refractivity contribution in [3.05, 3.63) is 74.8 Å². The van der Waals surface area contributed by atoms with Crippen LogP contribution in [0.5, 0.6) is 0 Å². The third-order valence-corrected chi connectivity index (χ3v) is 4.46. The number of nitrogens with one attached hydrogen (secondary N) is 3. The van der Waals surface area contributed by atoms with E-state index in [1.165, 1.54) is 0 Å². The Kier molecular flexibility index (Phi) is 4.43. The molecule has 0 radical (unpaired) electrons. The van der Waals surface area contributed by atoms with Crippen LogP contribution in [0.4, 0.5) is 28.8 Å². The van der Waals surface area contributed by atoms with E-state index < -0.39 is 4.92 Å². The molecule has 0 saturated carbocycles. The van der Waals surface area contributed by atoms with Crippen molar-refractivity contribution >= 4 is 39.9 Å². The first-order chi connectivity index (χ1) is 13.9. The molecule has 3 N–H and O–H groups in total. The van der Waals surface area contributed by atoms with Gasteiger partial charge >= 0.3 is 11.4 Å². The predicted molar refractivity (Wildman–Crippen MR) is 110 cm³/mol. The Hall–Kier alpha value is -4.21. The predicted octanol–water partition coefficient (Wildman–Crippen LogP) is 3.37. The summed E-state index contributed by atoms with van der Waals surface area (Å²) in [5, 5.41) is 14.7. The summed E-state index contributed by atoms with van der Waals surface area (Å²) >= 11 is 0. The van der Waals surface area contributed by atoms with Crippen LogP contribution in [0, 0.1) is 17.0 Å². The maximum absolute atomic E-state index is 11.6. The van der Waals surface area contributed by atoms with Crippen LogP contribution in [-0.2, 0) is 0 Å². The highest BCUT2D eigenvalue weighted by atomic mass is 16.6. The summed E-state index contributed by atoms with van der Waals surface area (Å²) in [7, 11) is 1.71. The van der Waals surface area contributed by atoms with E-state index in [1.807, 2.05) is 30.3 Å². The number of anilines is 4. The molecule has 0 amide bonds. The lowest BCUT2D eigenvalue weighted by atomic mass is 10.2. The quantitative estimate of drug-likeness (QED) is 0.351. The van der Waals surface area contributed by atoms with Gasteiger partial charge in [-0.25, -0.2) is 9.78 Å². The van der Waals surface area contributed by atoms with Crippen LogP contribution in [0.25, 0.3) is 11.0 Å². The molecule has 0 aliphatic rings. The van der Waals surface area contributed by atoms with E-state index in [9.17, 15) is 14.9 Å². The molecule has 29 heavy (non-hydrogen) atoms. The van der Waals surface area contributed by atoms with Crippen LogP contribution < -0.4 is 15.9 Å². The van der Waals surface area contributed by atoms with Gasteiger partial charge in [0.1, 0.15) is 5.69 Å². The van der Waals surface area contributed by atoms with Crippen molar-refractivity contribution in [2.24, 2.45) is 0 Å². The van der Waals surface area contributed by atoms with Crippen molar-refractivity contribution < 1.29 is 4.92 Å². The number of aromatic nitrogens is 4. The Morgan fingerprint density at radius 2 is 1.79 bits per heavy atom. The van der Waals surface area contributed by atoms with Crippen LogP contribution >= 0.6 is 0 Å². The minimum Gasteiger partial charge on any atom is -0.324 e. The number of para-hydroxylation sites is 1. The lowest BCUT2D eigenvalue weighted by Crippen LogP contribution is -2.16. The van der Waals surface area contributed by atoms with Gasteiger partial charge in [0.2, 0.25) is 11.8 Å². The Morgan fingerprint density at radius 1 is 1.07 bits per heavy atom. The lowest BCUT2D eigenvalue weighted by molar-refractivity contribution is -0.385. The summed E-state index contributed by atoms with van der Waals surface area (Å²) in [6, 6.07) is 14.5. The van der Waals surface area contributed by atoms with Gasteiger partial charge in [0.25, 0.3) is 0 Å². The highest BCUT2D eigenvalue weighted by Crippen LogP contribution is 2.34. The molecule has 0 spiro atoms. The van der Waals surface area contributed by atoms with E-state index in [-0.39, 0.29) is 28.8 Å². The molecule has 0 aliphatic carbocycles. The normalized spacial score (nSPS) is 10.8. The van der Waals surface area contributed by atoms with Gasteiger partial charge < -0.3 is 20.2 Å². The molecular formula is C19H17N7O3. The average molecular weight is 391 g/mol. The maximum Gasteiger partial charge on any atom is 0.333 e. The number of nitrogens with zero attached hydrogens (tertiary/aromatic N) is 4. The second-order valence-corrected chi connectivity index (χ2v) is 6.42. The number of aromatic amines is 2. The molecule has 4 aromatic rings. The number of hydrogen-bond donors (Lipinski definition) is 3. The topological polar surface area (TPSA) is 133 Å². The number of imidazole rings is 1. The first-order valence-corrected chi connectivity index (χ1v) is 8.73. The zero-order chi connectivity index (χ0) is 20.5. The Labute approximate surface area is 164 Å². The van der Waals surface area contributed by atoms with Gasteiger partial charge in [0.15, 0.2) is 0 Å². The number of fused-ring (bicyclic) bond motifs is 1. The SMILES string of the molecule is Cc1nc(Nc2ccc3[nH]c(=O)[nH]c3c2)nc(N(C)c2ccccc2)c1[N+](=O)[O-]. The van der Waals surface area contributed by atoms with Crippen molar-refractivity contribution in [2.75, 3.05) is 17.3 Å². The molecule has 2 aromatic carbocycles. The smallest absolute Gasteiger partial charge is 0.324 e. The van der Waals surface area contributed by atoms with Crippen LogP contribution in [-0.4, -0.2) is 31.9 Å². The fourth-order valence-electron chi connectivity index (χ4n) is 3.07. The molecule has 0 bridgehead atoms. The fraction of sp³-hybridized carbons (Fsp3) is 0.105. The van der Waals surface area contributed by atoms with Crippen LogP contribution in [0.15, 0.2) is 53.3 Å². The van der Waals surface area contributed by atoms with Crippen LogP contribution in [0.3, 0.4) is 0 Å². The molecule has 146 valence electrons. The van der Waals surface area contributed by atoms with Gasteiger partial charge in [0.05, 0.1) is 16.0 Å². The highest BCUT2D eigenvalue weighted by molar-refractivity contribution is 5.80. The highest BCUT2D eigenvalue weighted by Gasteiger charge is 2.25. The van der Waals surface area contributed by atoms with Crippen molar-refractivity contribution in [2.45, 2.75) is 6.92 Å². The summed E-state index contributed by atoms with van der Waals surface area (Å²) in [5.74, 6) is 0.385. The Balaban J connectivity index is 1.76. The molecule has 2 aromatic heterocycles. The van der Waals surface area contributed by atoms with E-state index in [4.69, 9.17) is 0 Å². The molecule has 0 saturated heterocycles. The summed E-state index contributed by atoms with van der Waals surface area (Å²) in [6.07, 6.45) is 0. The van der Waals surface area contributed by atoms with Gasteiger partial charge in [-0.15, -0.1) is 0 Å². The van der Waals surface area contributed by atoms with Gasteiger partial charge in [-0.3, -0.25) is 10.1 Å². The fourth-order valence-corrected chi connectivity index (χ4v) is 3.07. The van der Waals surface area contributed by atoms with Gasteiger partial charge in [-0.05, 0) is 37.3 Å². The standard InChI is InChI=1S/C19H17N7O3/c1-11-16(26(28)29)17(25(2)13-6-4-3-5-7-13)24-18(20-11)21-12-8-9-14-15(10-12)23-19(27)22-14/h3-10H,1-2H3,(H,20,21,24)(H2,22,23,27). The summed E-state index contributed by atoms with van der Waals surface area (Å²) < 4.78 is 0. The molecule has 0 aliphatic heterocycles. The van der Waals surface area contributed by atoms with E-state index >= 15 is 0 Å². The molecule has 4 rings (SSSR count). The largest absolute Gasteiger partial charge is 0.333 e. The second-order valence-electron chi connectivity index (χ2n) is 6.42. The first kappa shape index (κ1) is 18.2. The molecule has 0 unspecified atom stereocenters. The molecule has 0 atom stereocenters. The Bertz CT molecular complexity index is 1260. The van der Waals surface area contributed by atoms with E-state index in [1.54, 1.807) is 37.1 Å². The van der Waals surface area contributed by atoms with Crippen molar-refractivity contribution in [3.63, 3.8) is 0 Å². The van der Waals surface area contributed by atoms with Crippen molar-refractivity contribution in [1.82, 2.24) is 19.9 Å². The van der Waals surface area contributed by atoms with E-state index in [0.29, 0.717) is 16.7 Å². The first-order valence-electron chi connectivity index (χ1n) is 8.73. The van der Waals surface area contributed by atoms with Gasteiger partial charge in [0, 0.05) is 18.4 Å². The molecular weight excluding hydrogens is 374 g/mol. The van der Waals surface area contributed by atoms with Crippen molar-refractivity contribution in [3.8, 4) is 0 Å². The molecule has 10 nitrogen and oxygen atoms in total. The Morgan fingerprint density at radius 3 is 2.52 bits per heavy atom. The number of hydrogen-bond acceptors (Lipinski definition) is 7. The summed E-state index contributed by atoms with van der Waals surface area (Å²) in [4.78, 5) is 38.2. The summed E-state index contributed by atoms with van der Waals surface area (Å²) in [5.41, 5.74) is 2.46. The van der Waals surface area contributed by atoms with Crippen molar-refractivity contribution in [1.29, 1.82) is 0 Å². The molecule has 0 fully saturated rings. The minimum absolute atomic E-state index is 0.160. The zero-order valence-electron chi connectivity index (χ0n) is 15.6. The van der Waals surface area contributed by atoms with Crippen LogP contribution in [0.2, 0.25) is 0 Å². The summed E-state index contributed by atoms with van der Waals surface area (Å²) in [6.45, 7) is 1.57. The maximum atomic E-state index is 11.6. The van der Waals surface area contributed by atoms with Gasteiger partial charge in [-0.1, -0.05) is 18.2 Å². The minimum atomic E-state index is -0.482. The molecule has 10 heteroatoms. The van der Waals surface area contributed by atoms with E-state index in [0.717, 1.165) is 5.69 Å².